The zero-order chi connectivity index (χ0) is 20.9. The third-order valence-electron chi connectivity index (χ3n) is 4.60. The first kappa shape index (κ1) is 20.7. The van der Waals surface area contributed by atoms with E-state index >= 15 is 0 Å². The number of anilines is 1. The Kier molecular flexibility index (Phi) is 6.41. The van der Waals surface area contributed by atoms with Gasteiger partial charge in [0.15, 0.2) is 0 Å². The summed E-state index contributed by atoms with van der Waals surface area (Å²) < 4.78 is 40.5. The maximum absolute atomic E-state index is 12.8. The Balaban J connectivity index is 1.64. The lowest BCUT2D eigenvalue weighted by atomic mass is 10.1. The summed E-state index contributed by atoms with van der Waals surface area (Å²) in [6.45, 7) is 1.40. The Morgan fingerprint density at radius 1 is 0.966 bits per heavy atom. The van der Waals surface area contributed by atoms with E-state index in [0.717, 1.165) is 31.4 Å². The summed E-state index contributed by atoms with van der Waals surface area (Å²) in [7, 11) is 0. The van der Waals surface area contributed by atoms with E-state index in [1.807, 2.05) is 0 Å². The Hall–Kier alpha value is -3.03. The van der Waals surface area contributed by atoms with Crippen LogP contribution in [0.5, 0.6) is 5.75 Å². The molecule has 0 saturated carbocycles. The number of amides is 2. The number of nitrogens with one attached hydrogen (secondary N) is 1. The molecule has 154 valence electrons. The first-order valence-corrected chi connectivity index (χ1v) is 9.35. The van der Waals surface area contributed by atoms with Crippen molar-refractivity contribution in [2.45, 2.75) is 32.0 Å². The molecule has 1 heterocycles. The van der Waals surface area contributed by atoms with Gasteiger partial charge in [-0.1, -0.05) is 24.3 Å². The van der Waals surface area contributed by atoms with Gasteiger partial charge in [-0.2, -0.15) is 0 Å². The summed E-state index contributed by atoms with van der Waals surface area (Å²) in [6, 6.07) is 11.9. The fraction of sp³-hybridized carbons (Fsp3) is 0.333. The van der Waals surface area contributed by atoms with Gasteiger partial charge in [0, 0.05) is 13.1 Å². The minimum Gasteiger partial charge on any atom is -0.406 e. The molecule has 0 aliphatic carbocycles. The SMILES string of the molecule is O=C(Cc1ccc(OC(F)(F)F)cc1)Nc1ccccc1C(=O)N1CCCCC1. The summed E-state index contributed by atoms with van der Waals surface area (Å²) >= 11 is 0. The number of rotatable bonds is 5. The Labute approximate surface area is 166 Å². The van der Waals surface area contributed by atoms with Gasteiger partial charge in [0.1, 0.15) is 5.75 Å². The Bertz CT molecular complexity index is 860. The number of likely N-dealkylation sites (tertiary alicyclic amines) is 1. The zero-order valence-electron chi connectivity index (χ0n) is 15.7. The third-order valence-corrected chi connectivity index (χ3v) is 4.60. The van der Waals surface area contributed by atoms with Gasteiger partial charge in [0.25, 0.3) is 5.91 Å². The molecule has 5 nitrogen and oxygen atoms in total. The van der Waals surface area contributed by atoms with Crippen LogP contribution in [0.4, 0.5) is 18.9 Å². The standard InChI is InChI=1S/C21H21F3N2O3/c22-21(23,24)29-16-10-8-15(9-11-16)14-19(27)25-18-7-3-2-6-17(18)20(28)26-12-4-1-5-13-26/h2-3,6-11H,1,4-5,12-14H2,(H,25,27). The van der Waals surface area contributed by atoms with Crippen LogP contribution >= 0.6 is 0 Å². The summed E-state index contributed by atoms with van der Waals surface area (Å²) in [6.07, 6.45) is -1.76. The molecule has 1 fully saturated rings. The van der Waals surface area contributed by atoms with Crippen molar-refractivity contribution in [3.05, 3.63) is 59.7 Å². The highest BCUT2D eigenvalue weighted by molar-refractivity contribution is 6.04. The van der Waals surface area contributed by atoms with Crippen molar-refractivity contribution < 1.29 is 27.5 Å². The maximum atomic E-state index is 12.8. The number of carbonyl (C=O) groups excluding carboxylic acids is 2. The molecule has 2 aromatic rings. The first-order valence-electron chi connectivity index (χ1n) is 9.35. The summed E-state index contributed by atoms with van der Waals surface area (Å²) in [5.41, 5.74) is 1.37. The van der Waals surface area contributed by atoms with Crippen LogP contribution in [-0.4, -0.2) is 36.2 Å². The maximum Gasteiger partial charge on any atom is 0.573 e. The smallest absolute Gasteiger partial charge is 0.406 e. The van der Waals surface area contributed by atoms with Crippen molar-refractivity contribution in [1.29, 1.82) is 0 Å². The number of ether oxygens (including phenoxy) is 1. The van der Waals surface area contributed by atoms with Crippen LogP contribution < -0.4 is 10.1 Å². The Morgan fingerprint density at radius 2 is 1.62 bits per heavy atom. The van der Waals surface area contributed by atoms with Gasteiger partial charge in [-0.3, -0.25) is 9.59 Å². The predicted molar refractivity (Wildman–Crippen MR) is 102 cm³/mol. The molecule has 0 atom stereocenters. The number of piperidine rings is 1. The van der Waals surface area contributed by atoms with E-state index in [2.05, 4.69) is 10.1 Å². The number of nitrogens with zero attached hydrogens (tertiary/aromatic N) is 1. The summed E-state index contributed by atoms with van der Waals surface area (Å²) in [5.74, 6) is -0.832. The number of hydrogen-bond donors (Lipinski definition) is 1. The molecular formula is C21H21F3N2O3. The van der Waals surface area contributed by atoms with Gasteiger partial charge in [-0.25, -0.2) is 0 Å². The normalized spacial score (nSPS) is 14.4. The van der Waals surface area contributed by atoms with Gasteiger partial charge in [0.2, 0.25) is 5.91 Å². The Morgan fingerprint density at radius 3 is 2.28 bits per heavy atom. The van der Waals surface area contributed by atoms with E-state index in [0.29, 0.717) is 29.9 Å². The molecule has 0 radical (unpaired) electrons. The minimum atomic E-state index is -4.76. The van der Waals surface area contributed by atoms with Gasteiger partial charge in [0.05, 0.1) is 17.7 Å². The zero-order valence-corrected chi connectivity index (χ0v) is 15.7. The number of halogens is 3. The molecule has 1 saturated heterocycles. The van der Waals surface area contributed by atoms with E-state index in [1.54, 1.807) is 29.2 Å². The van der Waals surface area contributed by atoms with Crippen LogP contribution in [0.2, 0.25) is 0 Å². The summed E-state index contributed by atoms with van der Waals surface area (Å²) in [5, 5.41) is 2.73. The highest BCUT2D eigenvalue weighted by Crippen LogP contribution is 2.23. The van der Waals surface area contributed by atoms with Crippen LogP contribution in [-0.2, 0) is 11.2 Å². The van der Waals surface area contributed by atoms with Crippen LogP contribution in [0.25, 0.3) is 0 Å². The lowest BCUT2D eigenvalue weighted by Gasteiger charge is -2.27. The van der Waals surface area contributed by atoms with E-state index in [9.17, 15) is 22.8 Å². The molecule has 2 amide bonds. The van der Waals surface area contributed by atoms with E-state index in [1.165, 1.54) is 12.1 Å². The second kappa shape index (κ2) is 8.98. The molecule has 1 aliphatic rings. The number of carbonyl (C=O) groups is 2. The third kappa shape index (κ3) is 5.97. The lowest BCUT2D eigenvalue weighted by molar-refractivity contribution is -0.274. The number of hydrogen-bond acceptors (Lipinski definition) is 3. The van der Waals surface area contributed by atoms with Crippen molar-refractivity contribution in [3.63, 3.8) is 0 Å². The second-order valence-corrected chi connectivity index (χ2v) is 6.82. The number of para-hydroxylation sites is 1. The predicted octanol–water partition coefficient (Wildman–Crippen LogP) is 4.39. The number of benzene rings is 2. The quantitative estimate of drug-likeness (QED) is 0.801. The molecule has 8 heteroatoms. The molecule has 1 aliphatic heterocycles. The molecule has 0 spiro atoms. The van der Waals surface area contributed by atoms with Crippen molar-refractivity contribution in [3.8, 4) is 5.75 Å². The van der Waals surface area contributed by atoms with Gasteiger partial charge < -0.3 is 15.0 Å². The largest absolute Gasteiger partial charge is 0.573 e. The van der Waals surface area contributed by atoms with E-state index in [-0.39, 0.29) is 24.0 Å². The van der Waals surface area contributed by atoms with Gasteiger partial charge >= 0.3 is 6.36 Å². The van der Waals surface area contributed by atoms with Crippen LogP contribution in [0.1, 0.15) is 35.2 Å². The van der Waals surface area contributed by atoms with Gasteiger partial charge in [-0.15, -0.1) is 13.2 Å². The highest BCUT2D eigenvalue weighted by Gasteiger charge is 2.31. The molecule has 0 bridgehead atoms. The molecule has 3 rings (SSSR count). The summed E-state index contributed by atoms with van der Waals surface area (Å²) in [4.78, 5) is 27.0. The lowest BCUT2D eigenvalue weighted by Crippen LogP contribution is -2.36. The molecule has 2 aromatic carbocycles. The molecule has 1 N–H and O–H groups in total. The van der Waals surface area contributed by atoms with Gasteiger partial charge in [-0.05, 0) is 49.1 Å². The average molecular weight is 406 g/mol. The van der Waals surface area contributed by atoms with Crippen molar-refractivity contribution in [2.75, 3.05) is 18.4 Å². The van der Waals surface area contributed by atoms with Crippen molar-refractivity contribution >= 4 is 17.5 Å². The fourth-order valence-corrected chi connectivity index (χ4v) is 3.23. The average Bonchev–Trinajstić information content (AvgIpc) is 2.69. The van der Waals surface area contributed by atoms with Crippen LogP contribution in [0, 0.1) is 0 Å². The highest BCUT2D eigenvalue weighted by atomic mass is 19.4. The topological polar surface area (TPSA) is 58.6 Å². The number of alkyl halides is 3. The van der Waals surface area contributed by atoms with Crippen molar-refractivity contribution in [1.82, 2.24) is 4.90 Å². The fourth-order valence-electron chi connectivity index (χ4n) is 3.23. The second-order valence-electron chi connectivity index (χ2n) is 6.82. The monoisotopic (exact) mass is 406 g/mol. The molecule has 29 heavy (non-hydrogen) atoms. The molecule has 0 aromatic heterocycles. The minimum absolute atomic E-state index is 0.0431. The van der Waals surface area contributed by atoms with E-state index < -0.39 is 6.36 Å². The van der Waals surface area contributed by atoms with E-state index in [4.69, 9.17) is 0 Å². The molecule has 0 unspecified atom stereocenters. The van der Waals surface area contributed by atoms with Crippen molar-refractivity contribution in [2.24, 2.45) is 0 Å². The van der Waals surface area contributed by atoms with Crippen LogP contribution in [0.15, 0.2) is 48.5 Å². The van der Waals surface area contributed by atoms with Crippen LogP contribution in [0.3, 0.4) is 0 Å². The molecular weight excluding hydrogens is 385 g/mol. The first-order chi connectivity index (χ1) is 13.8.